The quantitative estimate of drug-likeness (QED) is 0.251. The number of rotatable bonds is 15. The fourth-order valence-corrected chi connectivity index (χ4v) is 4.89. The Kier molecular flexibility index (Phi) is 11.2. The molecule has 11 nitrogen and oxygen atoms in total. The van der Waals surface area contributed by atoms with Crippen molar-refractivity contribution >= 4 is 35.3 Å². The van der Waals surface area contributed by atoms with Crippen LogP contribution in [0.3, 0.4) is 0 Å². The van der Waals surface area contributed by atoms with Gasteiger partial charge in [-0.25, -0.2) is 0 Å². The summed E-state index contributed by atoms with van der Waals surface area (Å²) in [6, 6.07) is 12.6. The van der Waals surface area contributed by atoms with E-state index in [0.717, 1.165) is 11.3 Å². The lowest BCUT2D eigenvalue weighted by Crippen LogP contribution is -2.54. The number of hydrogen-bond donors (Lipinski definition) is 3. The molecule has 0 spiro atoms. The maximum atomic E-state index is 13.2. The SMILES string of the molecule is COc1ccc(-n2cnnc2)cc1CC(=O)NC(C(=O)NC(CC(=O)O)C(=O)CSCc1ccccc1)C(C)C. The van der Waals surface area contributed by atoms with Gasteiger partial charge in [-0.15, -0.1) is 22.0 Å². The zero-order valence-corrected chi connectivity index (χ0v) is 23.4. The molecule has 212 valence electrons. The molecule has 40 heavy (non-hydrogen) atoms. The van der Waals surface area contributed by atoms with Crippen molar-refractivity contribution in [2.45, 2.75) is 44.5 Å². The molecule has 12 heteroatoms. The molecule has 2 atom stereocenters. The average molecular weight is 568 g/mol. The number of aromatic nitrogens is 3. The molecular weight excluding hydrogens is 534 g/mol. The van der Waals surface area contributed by atoms with E-state index in [2.05, 4.69) is 20.8 Å². The van der Waals surface area contributed by atoms with Crippen LogP contribution >= 0.6 is 11.8 Å². The minimum absolute atomic E-state index is 0.0361. The van der Waals surface area contributed by atoms with Crippen LogP contribution in [-0.2, 0) is 31.4 Å². The van der Waals surface area contributed by atoms with Crippen LogP contribution in [0.15, 0.2) is 61.2 Å². The third-order valence-corrected chi connectivity index (χ3v) is 7.06. The second-order valence-electron chi connectivity index (χ2n) is 9.44. The van der Waals surface area contributed by atoms with Crippen molar-refractivity contribution in [3.8, 4) is 11.4 Å². The van der Waals surface area contributed by atoms with Crippen LogP contribution in [-0.4, -0.2) is 68.4 Å². The molecule has 2 amide bonds. The van der Waals surface area contributed by atoms with Gasteiger partial charge in [-0.3, -0.25) is 23.7 Å². The van der Waals surface area contributed by atoms with Crippen LogP contribution in [0, 0.1) is 5.92 Å². The molecule has 3 aromatic rings. The lowest BCUT2D eigenvalue weighted by molar-refractivity contribution is -0.140. The number of carbonyl (C=O) groups excluding carboxylic acids is 3. The molecule has 1 heterocycles. The monoisotopic (exact) mass is 567 g/mol. The van der Waals surface area contributed by atoms with Crippen LogP contribution in [0.25, 0.3) is 5.69 Å². The normalized spacial score (nSPS) is 12.4. The van der Waals surface area contributed by atoms with Gasteiger partial charge in [0, 0.05) is 17.0 Å². The molecule has 3 rings (SSSR count). The highest BCUT2D eigenvalue weighted by Gasteiger charge is 2.30. The molecule has 0 saturated heterocycles. The number of ketones is 1. The fourth-order valence-electron chi connectivity index (χ4n) is 3.96. The molecule has 0 aliphatic rings. The predicted molar refractivity (Wildman–Crippen MR) is 150 cm³/mol. The Hall–Kier alpha value is -4.19. The summed E-state index contributed by atoms with van der Waals surface area (Å²) < 4.78 is 7.08. The van der Waals surface area contributed by atoms with Crippen LogP contribution in [0.1, 0.15) is 31.4 Å². The molecule has 2 aromatic carbocycles. The minimum Gasteiger partial charge on any atom is -0.496 e. The first-order valence-electron chi connectivity index (χ1n) is 12.7. The van der Waals surface area contributed by atoms with Crippen LogP contribution in [0.4, 0.5) is 0 Å². The topological polar surface area (TPSA) is 153 Å². The Labute approximate surface area is 236 Å². The smallest absolute Gasteiger partial charge is 0.305 e. The summed E-state index contributed by atoms with van der Waals surface area (Å²) in [5.74, 6) is -1.90. The second-order valence-corrected chi connectivity index (χ2v) is 10.4. The number of aliphatic carboxylic acids is 1. The Morgan fingerprint density at radius 3 is 2.35 bits per heavy atom. The third kappa shape index (κ3) is 8.94. The number of ether oxygens (including phenoxy) is 1. The van der Waals surface area contributed by atoms with Gasteiger partial charge in [0.1, 0.15) is 24.4 Å². The Bertz CT molecular complexity index is 1300. The molecular formula is C28H33N5O6S. The standard InChI is InChI=1S/C28H33N5O6S/c1-18(2)27(32-25(35)12-20-11-21(9-10-24(20)39-3)33-16-29-30-17-33)28(38)31-22(13-26(36)37)23(34)15-40-14-19-7-5-4-6-8-19/h4-11,16-18,22,27H,12-15H2,1-3H3,(H,31,38)(H,32,35)(H,36,37). The summed E-state index contributed by atoms with van der Waals surface area (Å²) in [5.41, 5.74) is 2.35. The zero-order chi connectivity index (χ0) is 29.1. The number of amides is 2. The van der Waals surface area contributed by atoms with E-state index < -0.39 is 42.1 Å². The number of nitrogens with zero attached hydrogens (tertiary/aromatic N) is 3. The van der Waals surface area contributed by atoms with E-state index in [1.165, 1.54) is 31.5 Å². The number of carboxylic acid groups (broad SMARTS) is 1. The average Bonchev–Trinajstić information content (AvgIpc) is 3.46. The van der Waals surface area contributed by atoms with Gasteiger partial charge < -0.3 is 20.5 Å². The van der Waals surface area contributed by atoms with Gasteiger partial charge in [-0.05, 0) is 29.7 Å². The summed E-state index contributed by atoms with van der Waals surface area (Å²) in [6.07, 6.45) is 2.42. The lowest BCUT2D eigenvalue weighted by Gasteiger charge is -2.25. The van der Waals surface area contributed by atoms with E-state index >= 15 is 0 Å². The molecule has 0 radical (unpaired) electrons. The number of hydrogen-bond acceptors (Lipinski definition) is 8. The summed E-state index contributed by atoms with van der Waals surface area (Å²) in [5, 5.41) is 22.2. The van der Waals surface area contributed by atoms with Crippen molar-refractivity contribution in [3.63, 3.8) is 0 Å². The third-order valence-electron chi connectivity index (χ3n) is 6.04. The number of thioether (sulfide) groups is 1. The summed E-state index contributed by atoms with van der Waals surface area (Å²) in [7, 11) is 1.50. The number of Topliss-reactive ketones (excluding diaryl/α,β-unsaturated/α-hetero) is 1. The van der Waals surface area contributed by atoms with Crippen molar-refractivity contribution in [1.29, 1.82) is 0 Å². The Morgan fingerprint density at radius 1 is 1.02 bits per heavy atom. The molecule has 3 N–H and O–H groups in total. The summed E-state index contributed by atoms with van der Waals surface area (Å²) in [4.78, 5) is 50.5. The van der Waals surface area contributed by atoms with E-state index in [1.54, 1.807) is 36.6 Å². The summed E-state index contributed by atoms with van der Waals surface area (Å²) >= 11 is 1.34. The number of nitrogens with one attached hydrogen (secondary N) is 2. The van der Waals surface area contributed by atoms with Gasteiger partial charge in [0.25, 0.3) is 0 Å². The van der Waals surface area contributed by atoms with Gasteiger partial charge >= 0.3 is 5.97 Å². The molecule has 0 aliphatic heterocycles. The highest BCUT2D eigenvalue weighted by Crippen LogP contribution is 2.22. The molecule has 1 aromatic heterocycles. The highest BCUT2D eigenvalue weighted by atomic mass is 32.2. The van der Waals surface area contributed by atoms with Crippen molar-refractivity contribution < 1.29 is 29.0 Å². The van der Waals surface area contributed by atoms with Gasteiger partial charge in [0.05, 0.1) is 31.7 Å². The first-order valence-corrected chi connectivity index (χ1v) is 13.8. The van der Waals surface area contributed by atoms with Gasteiger partial charge in [0.15, 0.2) is 5.78 Å². The zero-order valence-electron chi connectivity index (χ0n) is 22.6. The van der Waals surface area contributed by atoms with E-state index in [-0.39, 0.29) is 18.1 Å². The first-order chi connectivity index (χ1) is 19.2. The van der Waals surface area contributed by atoms with Gasteiger partial charge in [-0.1, -0.05) is 44.2 Å². The molecule has 2 unspecified atom stereocenters. The molecule has 0 fully saturated rings. The molecule has 0 bridgehead atoms. The Balaban J connectivity index is 1.65. The van der Waals surface area contributed by atoms with Crippen molar-refractivity contribution in [1.82, 2.24) is 25.4 Å². The minimum atomic E-state index is -1.22. The largest absolute Gasteiger partial charge is 0.496 e. The summed E-state index contributed by atoms with van der Waals surface area (Å²) in [6.45, 7) is 3.50. The number of methoxy groups -OCH3 is 1. The lowest BCUT2D eigenvalue weighted by atomic mass is 10.0. The van der Waals surface area contributed by atoms with E-state index in [4.69, 9.17) is 4.74 Å². The molecule has 0 saturated carbocycles. The van der Waals surface area contributed by atoms with Gasteiger partial charge in [0.2, 0.25) is 11.8 Å². The Morgan fingerprint density at radius 2 is 1.73 bits per heavy atom. The number of carboxylic acids is 1. The van der Waals surface area contributed by atoms with E-state index in [9.17, 15) is 24.3 Å². The van der Waals surface area contributed by atoms with Crippen molar-refractivity contribution in [3.05, 3.63) is 72.3 Å². The van der Waals surface area contributed by atoms with Gasteiger partial charge in [-0.2, -0.15) is 0 Å². The fraction of sp³-hybridized carbons (Fsp3) is 0.357. The highest BCUT2D eigenvalue weighted by molar-refractivity contribution is 7.99. The number of benzene rings is 2. The number of carbonyl (C=O) groups is 4. The van der Waals surface area contributed by atoms with Crippen LogP contribution in [0.5, 0.6) is 5.75 Å². The van der Waals surface area contributed by atoms with Crippen molar-refractivity contribution in [2.24, 2.45) is 5.92 Å². The second kappa shape index (κ2) is 14.8. The maximum absolute atomic E-state index is 13.2. The first kappa shape index (κ1) is 30.4. The maximum Gasteiger partial charge on any atom is 0.305 e. The van der Waals surface area contributed by atoms with Crippen LogP contribution < -0.4 is 15.4 Å². The van der Waals surface area contributed by atoms with E-state index in [0.29, 0.717) is 17.1 Å². The van der Waals surface area contributed by atoms with E-state index in [1.807, 2.05) is 30.3 Å². The van der Waals surface area contributed by atoms with Crippen LogP contribution in [0.2, 0.25) is 0 Å². The predicted octanol–water partition coefficient (Wildman–Crippen LogP) is 2.42. The molecule has 0 aliphatic carbocycles. The van der Waals surface area contributed by atoms with Crippen molar-refractivity contribution in [2.75, 3.05) is 12.9 Å².